The fourth-order valence-corrected chi connectivity index (χ4v) is 2.53. The summed E-state index contributed by atoms with van der Waals surface area (Å²) in [6, 6.07) is 7.01. The number of hydrogen-bond acceptors (Lipinski definition) is 2. The lowest BCUT2D eigenvalue weighted by molar-refractivity contribution is 0.155. The molecule has 0 aromatic heterocycles. The molecule has 1 aliphatic carbocycles. The second kappa shape index (κ2) is 5.41. The van der Waals surface area contributed by atoms with Crippen LogP contribution >= 0.6 is 0 Å². The molecule has 0 unspecified atom stereocenters. The molecular weight excluding hydrogens is 220 g/mol. The number of fused-ring (bicyclic) bond motifs is 1. The average Bonchev–Trinajstić information content (AvgIpc) is 2.38. The molecule has 0 spiro atoms. The van der Waals surface area contributed by atoms with Crippen molar-refractivity contribution in [3.05, 3.63) is 34.9 Å². The van der Waals surface area contributed by atoms with Crippen molar-refractivity contribution in [3.63, 3.8) is 0 Å². The Hall–Kier alpha value is -0.860. The van der Waals surface area contributed by atoms with E-state index in [0.717, 1.165) is 6.54 Å². The highest BCUT2D eigenvalue weighted by atomic mass is 15.2. The minimum Gasteiger partial charge on any atom is -0.329 e. The molecule has 1 aromatic rings. The zero-order valence-corrected chi connectivity index (χ0v) is 12.0. The molecular formula is C16H26N2. The van der Waals surface area contributed by atoms with Crippen LogP contribution in [0, 0.1) is 0 Å². The normalized spacial score (nSPS) is 15.8. The van der Waals surface area contributed by atoms with Crippen LogP contribution in [0.5, 0.6) is 0 Å². The van der Waals surface area contributed by atoms with Crippen LogP contribution in [0.2, 0.25) is 0 Å². The van der Waals surface area contributed by atoms with Gasteiger partial charge in [-0.15, -0.1) is 0 Å². The van der Waals surface area contributed by atoms with E-state index in [0.29, 0.717) is 6.54 Å². The first-order valence-electron chi connectivity index (χ1n) is 7.05. The molecule has 0 bridgehead atoms. The van der Waals surface area contributed by atoms with Crippen molar-refractivity contribution in [3.8, 4) is 0 Å². The van der Waals surface area contributed by atoms with Crippen molar-refractivity contribution in [1.29, 1.82) is 0 Å². The summed E-state index contributed by atoms with van der Waals surface area (Å²) in [6.07, 6.45) is 5.22. The summed E-state index contributed by atoms with van der Waals surface area (Å²) >= 11 is 0. The maximum Gasteiger partial charge on any atom is 0.0275 e. The lowest BCUT2D eigenvalue weighted by atomic mass is 9.90. The molecule has 0 fully saturated rings. The van der Waals surface area contributed by atoms with Gasteiger partial charge in [0.1, 0.15) is 0 Å². The smallest absolute Gasteiger partial charge is 0.0275 e. The largest absolute Gasteiger partial charge is 0.329 e. The van der Waals surface area contributed by atoms with Crippen LogP contribution < -0.4 is 5.73 Å². The van der Waals surface area contributed by atoms with Crippen molar-refractivity contribution in [1.82, 2.24) is 4.90 Å². The lowest BCUT2D eigenvalue weighted by Gasteiger charge is -2.34. The number of benzene rings is 1. The second-order valence-electron chi connectivity index (χ2n) is 6.18. The second-order valence-corrected chi connectivity index (χ2v) is 6.18. The molecule has 2 N–H and O–H groups in total. The Labute approximate surface area is 111 Å². The van der Waals surface area contributed by atoms with E-state index < -0.39 is 0 Å². The van der Waals surface area contributed by atoms with Crippen molar-refractivity contribution in [2.75, 3.05) is 13.6 Å². The van der Waals surface area contributed by atoms with E-state index in [2.05, 4.69) is 44.0 Å². The molecule has 1 aromatic carbocycles. The fraction of sp³-hybridized carbons (Fsp3) is 0.625. The Morgan fingerprint density at radius 3 is 2.50 bits per heavy atom. The number of nitrogens with two attached hydrogens (primary N) is 1. The number of hydrogen-bond donors (Lipinski definition) is 1. The van der Waals surface area contributed by atoms with E-state index in [-0.39, 0.29) is 5.54 Å². The predicted molar refractivity (Wildman–Crippen MR) is 77.7 cm³/mol. The van der Waals surface area contributed by atoms with Gasteiger partial charge in [0.2, 0.25) is 0 Å². The summed E-state index contributed by atoms with van der Waals surface area (Å²) in [5.41, 5.74) is 10.4. The number of nitrogens with zero attached hydrogens (tertiary/aromatic N) is 1. The molecule has 1 aliphatic rings. The standard InChI is InChI=1S/C16H26N2/c1-16(2,12-17)18(3)11-13-8-9-14-6-4-5-7-15(14)10-13/h8-10H,4-7,11-12,17H2,1-3H3. The third-order valence-corrected chi connectivity index (χ3v) is 4.37. The summed E-state index contributed by atoms with van der Waals surface area (Å²) in [4.78, 5) is 2.34. The monoisotopic (exact) mass is 246 g/mol. The van der Waals surface area contributed by atoms with Crippen LogP contribution in [0.3, 0.4) is 0 Å². The highest BCUT2D eigenvalue weighted by molar-refractivity contribution is 5.33. The summed E-state index contributed by atoms with van der Waals surface area (Å²) in [7, 11) is 2.16. The van der Waals surface area contributed by atoms with Crippen molar-refractivity contribution in [2.45, 2.75) is 51.6 Å². The molecule has 0 saturated heterocycles. The van der Waals surface area contributed by atoms with Crippen molar-refractivity contribution in [2.24, 2.45) is 5.73 Å². The molecule has 2 heteroatoms. The Balaban J connectivity index is 2.10. The fourth-order valence-electron chi connectivity index (χ4n) is 2.53. The van der Waals surface area contributed by atoms with Crippen LogP contribution in [0.25, 0.3) is 0 Å². The van der Waals surface area contributed by atoms with Crippen molar-refractivity contribution >= 4 is 0 Å². The summed E-state index contributed by atoms with van der Waals surface area (Å²) in [6.45, 7) is 6.07. The lowest BCUT2D eigenvalue weighted by Crippen LogP contribution is -2.46. The summed E-state index contributed by atoms with van der Waals surface area (Å²) < 4.78 is 0. The highest BCUT2D eigenvalue weighted by Gasteiger charge is 2.21. The van der Waals surface area contributed by atoms with Gasteiger partial charge in [0.25, 0.3) is 0 Å². The zero-order chi connectivity index (χ0) is 13.2. The maximum atomic E-state index is 5.83. The van der Waals surface area contributed by atoms with E-state index in [9.17, 15) is 0 Å². The Bertz CT molecular complexity index is 410. The van der Waals surface area contributed by atoms with Gasteiger partial charge in [0.05, 0.1) is 0 Å². The molecule has 0 radical (unpaired) electrons. The molecule has 2 nitrogen and oxygen atoms in total. The zero-order valence-electron chi connectivity index (χ0n) is 12.0. The number of rotatable bonds is 4. The van der Waals surface area contributed by atoms with E-state index >= 15 is 0 Å². The Morgan fingerprint density at radius 2 is 1.83 bits per heavy atom. The number of aryl methyl sites for hydroxylation is 2. The Morgan fingerprint density at radius 1 is 1.17 bits per heavy atom. The van der Waals surface area contributed by atoms with E-state index in [1.54, 1.807) is 11.1 Å². The first-order valence-corrected chi connectivity index (χ1v) is 7.05. The minimum absolute atomic E-state index is 0.0654. The van der Waals surface area contributed by atoms with Crippen LogP contribution in [0.15, 0.2) is 18.2 Å². The first-order chi connectivity index (χ1) is 8.53. The number of likely N-dealkylation sites (N-methyl/N-ethyl adjacent to an activating group) is 1. The minimum atomic E-state index is 0.0654. The van der Waals surface area contributed by atoms with Gasteiger partial charge in [0.15, 0.2) is 0 Å². The van der Waals surface area contributed by atoms with Gasteiger partial charge < -0.3 is 5.73 Å². The topological polar surface area (TPSA) is 29.3 Å². The van der Waals surface area contributed by atoms with Gasteiger partial charge in [-0.3, -0.25) is 4.90 Å². The molecule has 100 valence electrons. The van der Waals surface area contributed by atoms with Gasteiger partial charge in [-0.05, 0) is 63.3 Å². The summed E-state index contributed by atoms with van der Waals surface area (Å²) in [5.74, 6) is 0. The Kier molecular flexibility index (Phi) is 4.08. The molecule has 0 heterocycles. The molecule has 2 rings (SSSR count). The van der Waals surface area contributed by atoms with E-state index in [1.165, 1.54) is 31.2 Å². The van der Waals surface area contributed by atoms with Crippen molar-refractivity contribution < 1.29 is 0 Å². The van der Waals surface area contributed by atoms with Crippen LogP contribution in [0.1, 0.15) is 43.4 Å². The third kappa shape index (κ3) is 2.93. The van der Waals surface area contributed by atoms with Gasteiger partial charge >= 0.3 is 0 Å². The molecule has 18 heavy (non-hydrogen) atoms. The molecule has 0 atom stereocenters. The molecule has 0 aliphatic heterocycles. The third-order valence-electron chi connectivity index (χ3n) is 4.37. The first kappa shape index (κ1) is 13.6. The molecule has 0 saturated carbocycles. The van der Waals surface area contributed by atoms with Crippen LogP contribution in [-0.2, 0) is 19.4 Å². The average molecular weight is 246 g/mol. The SMILES string of the molecule is CN(Cc1ccc2c(c1)CCCC2)C(C)(C)CN. The van der Waals surface area contributed by atoms with E-state index in [1.807, 2.05) is 0 Å². The van der Waals surface area contributed by atoms with Gasteiger partial charge in [-0.25, -0.2) is 0 Å². The highest BCUT2D eigenvalue weighted by Crippen LogP contribution is 2.23. The van der Waals surface area contributed by atoms with Gasteiger partial charge in [-0.1, -0.05) is 18.2 Å². The maximum absolute atomic E-state index is 5.83. The predicted octanol–water partition coefficient (Wildman–Crippen LogP) is 2.73. The van der Waals surface area contributed by atoms with Crippen LogP contribution in [-0.4, -0.2) is 24.0 Å². The van der Waals surface area contributed by atoms with Gasteiger partial charge in [0, 0.05) is 18.6 Å². The van der Waals surface area contributed by atoms with Gasteiger partial charge in [-0.2, -0.15) is 0 Å². The van der Waals surface area contributed by atoms with Crippen LogP contribution in [0.4, 0.5) is 0 Å². The van der Waals surface area contributed by atoms with E-state index in [4.69, 9.17) is 5.73 Å². The molecule has 0 amide bonds. The quantitative estimate of drug-likeness (QED) is 0.885. The summed E-state index contributed by atoms with van der Waals surface area (Å²) in [5, 5.41) is 0.